The van der Waals surface area contributed by atoms with E-state index in [2.05, 4.69) is 20.6 Å². The highest BCUT2D eigenvalue weighted by Gasteiger charge is 2.26. The van der Waals surface area contributed by atoms with Gasteiger partial charge in [0.1, 0.15) is 5.82 Å². The molecule has 0 unspecified atom stereocenters. The van der Waals surface area contributed by atoms with Crippen LogP contribution in [0.4, 0.5) is 11.5 Å². The molecule has 0 aliphatic carbocycles. The first-order valence-electron chi connectivity index (χ1n) is 10.6. The molecular formula is C24H27N5O2. The van der Waals surface area contributed by atoms with E-state index in [9.17, 15) is 9.59 Å². The summed E-state index contributed by atoms with van der Waals surface area (Å²) >= 11 is 0. The molecule has 1 saturated heterocycles. The number of anilines is 2. The number of hydrogen-bond acceptors (Lipinski definition) is 4. The molecule has 3 aromatic rings. The molecule has 31 heavy (non-hydrogen) atoms. The number of hydrogen-bond donors (Lipinski definition) is 2. The second-order valence-corrected chi connectivity index (χ2v) is 7.87. The molecule has 7 heteroatoms. The standard InChI is InChI=1S/C24H27N5O2/c1-18-16-22(29(27-18)21-10-6-3-7-11-21)26-23(30)17-28-14-12-19(13-15-28)24(31)25-20-8-4-2-5-9-20/h2-11,16,19H,12-15,17H2,1H3,(H,25,31)(H,26,30). The number of para-hydroxylation sites is 2. The van der Waals surface area contributed by atoms with Gasteiger partial charge in [-0.05, 0) is 57.1 Å². The molecule has 2 N–H and O–H groups in total. The lowest BCUT2D eigenvalue weighted by Crippen LogP contribution is -2.41. The van der Waals surface area contributed by atoms with Crippen molar-refractivity contribution in [3.8, 4) is 5.69 Å². The van der Waals surface area contributed by atoms with Crippen LogP contribution in [0.2, 0.25) is 0 Å². The Morgan fingerprint density at radius 3 is 2.29 bits per heavy atom. The van der Waals surface area contributed by atoms with Crippen LogP contribution in [-0.2, 0) is 9.59 Å². The van der Waals surface area contributed by atoms with Gasteiger partial charge in [0.2, 0.25) is 11.8 Å². The third kappa shape index (κ3) is 5.38. The van der Waals surface area contributed by atoms with Gasteiger partial charge in [-0.3, -0.25) is 14.5 Å². The average Bonchev–Trinajstić information content (AvgIpc) is 3.15. The lowest BCUT2D eigenvalue weighted by molar-refractivity contribution is -0.121. The molecule has 4 rings (SSSR count). The third-order valence-corrected chi connectivity index (χ3v) is 5.47. The summed E-state index contributed by atoms with van der Waals surface area (Å²) in [6.07, 6.45) is 1.49. The molecule has 160 valence electrons. The first kappa shape index (κ1) is 20.8. The summed E-state index contributed by atoms with van der Waals surface area (Å²) in [5.74, 6) is 0.606. The Labute approximate surface area is 182 Å². The minimum absolute atomic E-state index is 0.0262. The van der Waals surface area contributed by atoms with Gasteiger partial charge in [-0.1, -0.05) is 36.4 Å². The number of benzene rings is 2. The Morgan fingerprint density at radius 2 is 1.61 bits per heavy atom. The highest BCUT2D eigenvalue weighted by molar-refractivity contribution is 5.93. The van der Waals surface area contributed by atoms with Crippen molar-refractivity contribution in [3.05, 3.63) is 72.4 Å². The van der Waals surface area contributed by atoms with Gasteiger partial charge in [0.05, 0.1) is 17.9 Å². The normalized spacial score (nSPS) is 14.9. The van der Waals surface area contributed by atoms with Crippen LogP contribution in [0.15, 0.2) is 66.7 Å². The number of carbonyl (C=O) groups is 2. The fourth-order valence-electron chi connectivity index (χ4n) is 3.86. The van der Waals surface area contributed by atoms with Crippen LogP contribution in [0.25, 0.3) is 5.69 Å². The van der Waals surface area contributed by atoms with Crippen molar-refractivity contribution in [3.63, 3.8) is 0 Å². The van der Waals surface area contributed by atoms with Crippen LogP contribution < -0.4 is 10.6 Å². The number of carbonyl (C=O) groups excluding carboxylic acids is 2. The number of rotatable bonds is 6. The minimum atomic E-state index is -0.0794. The third-order valence-electron chi connectivity index (χ3n) is 5.47. The molecule has 2 heterocycles. The van der Waals surface area contributed by atoms with Crippen molar-refractivity contribution < 1.29 is 9.59 Å². The Hall–Kier alpha value is -3.45. The quantitative estimate of drug-likeness (QED) is 0.644. The summed E-state index contributed by atoms with van der Waals surface area (Å²) in [5, 5.41) is 10.5. The molecule has 2 aromatic carbocycles. The zero-order chi connectivity index (χ0) is 21.6. The van der Waals surface area contributed by atoms with Crippen LogP contribution in [-0.4, -0.2) is 46.1 Å². The zero-order valence-corrected chi connectivity index (χ0v) is 17.6. The van der Waals surface area contributed by atoms with E-state index in [1.54, 1.807) is 4.68 Å². The SMILES string of the molecule is Cc1cc(NC(=O)CN2CCC(C(=O)Nc3ccccc3)CC2)n(-c2ccccc2)n1. The van der Waals surface area contributed by atoms with Crippen LogP contribution >= 0.6 is 0 Å². The lowest BCUT2D eigenvalue weighted by atomic mass is 9.96. The Bertz CT molecular complexity index is 1020. The van der Waals surface area contributed by atoms with Gasteiger partial charge < -0.3 is 10.6 Å². The number of piperidine rings is 1. The molecule has 1 aliphatic rings. The smallest absolute Gasteiger partial charge is 0.239 e. The van der Waals surface area contributed by atoms with E-state index in [-0.39, 0.29) is 17.7 Å². The maximum absolute atomic E-state index is 12.7. The summed E-state index contributed by atoms with van der Waals surface area (Å²) in [7, 11) is 0. The highest BCUT2D eigenvalue weighted by Crippen LogP contribution is 2.20. The first-order chi connectivity index (χ1) is 15.1. The van der Waals surface area contributed by atoms with Crippen molar-refractivity contribution in [2.75, 3.05) is 30.3 Å². The van der Waals surface area contributed by atoms with E-state index >= 15 is 0 Å². The summed E-state index contributed by atoms with van der Waals surface area (Å²) in [4.78, 5) is 27.2. The van der Waals surface area contributed by atoms with Gasteiger partial charge >= 0.3 is 0 Å². The van der Waals surface area contributed by atoms with Crippen molar-refractivity contribution in [1.29, 1.82) is 0 Å². The number of aryl methyl sites for hydroxylation is 1. The monoisotopic (exact) mass is 417 g/mol. The molecule has 1 fully saturated rings. The fourth-order valence-corrected chi connectivity index (χ4v) is 3.86. The Balaban J connectivity index is 1.29. The summed E-state index contributed by atoms with van der Waals surface area (Å²) < 4.78 is 1.74. The molecule has 1 aliphatic heterocycles. The minimum Gasteiger partial charge on any atom is -0.326 e. The van der Waals surface area contributed by atoms with E-state index in [4.69, 9.17) is 0 Å². The van der Waals surface area contributed by atoms with Crippen molar-refractivity contribution in [1.82, 2.24) is 14.7 Å². The van der Waals surface area contributed by atoms with Crippen LogP contribution in [0, 0.1) is 12.8 Å². The molecule has 1 aromatic heterocycles. The second kappa shape index (κ2) is 9.57. The van der Waals surface area contributed by atoms with Gasteiger partial charge in [0.15, 0.2) is 0 Å². The summed E-state index contributed by atoms with van der Waals surface area (Å²) in [6.45, 7) is 3.64. The van der Waals surface area contributed by atoms with E-state index < -0.39 is 0 Å². The summed E-state index contributed by atoms with van der Waals surface area (Å²) in [5.41, 5.74) is 2.56. The van der Waals surface area contributed by atoms with Gasteiger partial charge in [0, 0.05) is 17.7 Å². The molecular weight excluding hydrogens is 390 g/mol. The van der Waals surface area contributed by atoms with E-state index in [0.29, 0.717) is 12.4 Å². The largest absolute Gasteiger partial charge is 0.326 e. The average molecular weight is 418 g/mol. The molecule has 0 radical (unpaired) electrons. The maximum atomic E-state index is 12.7. The zero-order valence-electron chi connectivity index (χ0n) is 17.6. The van der Waals surface area contributed by atoms with Crippen LogP contribution in [0.3, 0.4) is 0 Å². The number of nitrogens with one attached hydrogen (secondary N) is 2. The predicted octanol–water partition coefficient (Wildman–Crippen LogP) is 3.47. The maximum Gasteiger partial charge on any atom is 0.239 e. The van der Waals surface area contributed by atoms with Crippen molar-refractivity contribution in [2.24, 2.45) is 5.92 Å². The van der Waals surface area contributed by atoms with Crippen molar-refractivity contribution >= 4 is 23.3 Å². The van der Waals surface area contributed by atoms with Crippen molar-refractivity contribution in [2.45, 2.75) is 19.8 Å². The molecule has 0 spiro atoms. The predicted molar refractivity (Wildman–Crippen MR) is 121 cm³/mol. The molecule has 7 nitrogen and oxygen atoms in total. The van der Waals surface area contributed by atoms with Gasteiger partial charge in [0.25, 0.3) is 0 Å². The van der Waals surface area contributed by atoms with E-state index in [1.165, 1.54) is 0 Å². The lowest BCUT2D eigenvalue weighted by Gasteiger charge is -2.30. The number of aromatic nitrogens is 2. The molecule has 0 atom stereocenters. The fraction of sp³-hybridized carbons (Fsp3) is 0.292. The number of nitrogens with zero attached hydrogens (tertiary/aromatic N) is 3. The molecule has 0 bridgehead atoms. The first-order valence-corrected chi connectivity index (χ1v) is 10.6. The van der Waals surface area contributed by atoms with E-state index in [0.717, 1.165) is 43.0 Å². The number of likely N-dealkylation sites (tertiary alicyclic amines) is 1. The number of amides is 2. The van der Waals surface area contributed by atoms with Gasteiger partial charge in [-0.2, -0.15) is 5.10 Å². The van der Waals surface area contributed by atoms with Crippen LogP contribution in [0.1, 0.15) is 18.5 Å². The summed E-state index contributed by atoms with van der Waals surface area (Å²) in [6, 6.07) is 21.1. The van der Waals surface area contributed by atoms with Crippen LogP contribution in [0.5, 0.6) is 0 Å². The van der Waals surface area contributed by atoms with E-state index in [1.807, 2.05) is 73.7 Å². The van der Waals surface area contributed by atoms with Gasteiger partial charge in [-0.15, -0.1) is 0 Å². The highest BCUT2D eigenvalue weighted by atomic mass is 16.2. The topological polar surface area (TPSA) is 79.3 Å². The molecule has 2 amide bonds. The Morgan fingerprint density at radius 1 is 0.968 bits per heavy atom. The molecule has 0 saturated carbocycles. The second-order valence-electron chi connectivity index (χ2n) is 7.87. The van der Waals surface area contributed by atoms with Gasteiger partial charge in [-0.25, -0.2) is 4.68 Å². The Kier molecular flexibility index (Phi) is 6.43.